The average Bonchev–Trinajstić information content (AvgIpc) is 2.61. The van der Waals surface area contributed by atoms with Crippen LogP contribution in [0.25, 0.3) is 10.8 Å². The number of nitrogens with one attached hydrogen (secondary N) is 1. The fourth-order valence-corrected chi connectivity index (χ4v) is 2.74. The Bertz CT molecular complexity index is 994. The summed E-state index contributed by atoms with van der Waals surface area (Å²) in [7, 11) is 0. The Morgan fingerprint density at radius 3 is 2.38 bits per heavy atom. The van der Waals surface area contributed by atoms with E-state index in [-0.39, 0.29) is 11.3 Å². The molecule has 0 aliphatic heterocycles. The molecule has 0 radical (unpaired) electrons. The summed E-state index contributed by atoms with van der Waals surface area (Å²) < 4.78 is 5.04. The van der Waals surface area contributed by atoms with Crippen molar-refractivity contribution in [2.24, 2.45) is 0 Å². The predicted molar refractivity (Wildman–Crippen MR) is 100 cm³/mol. The standard InChI is InChI=1S/C21H19NO4/c1-13-7-8-18(14(2)9-13)22-20(24)12-26-21(25)17-10-15-5-3-4-6-16(15)11-19(17)23/h3-11,23H,12H2,1-2H3,(H,22,24). The van der Waals surface area contributed by atoms with E-state index in [1.807, 2.05) is 50.2 Å². The van der Waals surface area contributed by atoms with Crippen LogP contribution < -0.4 is 5.32 Å². The molecule has 3 rings (SSSR count). The molecule has 0 bridgehead atoms. The number of fused-ring (bicyclic) bond motifs is 1. The van der Waals surface area contributed by atoms with Crippen molar-refractivity contribution in [3.63, 3.8) is 0 Å². The number of rotatable bonds is 4. The fourth-order valence-electron chi connectivity index (χ4n) is 2.74. The number of carbonyl (C=O) groups excluding carboxylic acids is 2. The van der Waals surface area contributed by atoms with Crippen molar-refractivity contribution >= 4 is 28.3 Å². The van der Waals surface area contributed by atoms with Crippen LogP contribution in [0, 0.1) is 13.8 Å². The average molecular weight is 349 g/mol. The molecule has 0 aliphatic carbocycles. The van der Waals surface area contributed by atoms with Crippen LogP contribution in [0.4, 0.5) is 5.69 Å². The molecule has 0 aromatic heterocycles. The Morgan fingerprint density at radius 2 is 1.69 bits per heavy atom. The highest BCUT2D eigenvalue weighted by atomic mass is 16.5. The number of esters is 1. The Labute approximate surface area is 151 Å². The SMILES string of the molecule is Cc1ccc(NC(=O)COC(=O)c2cc3ccccc3cc2O)c(C)c1. The lowest BCUT2D eigenvalue weighted by molar-refractivity contribution is -0.119. The number of hydrogen-bond donors (Lipinski definition) is 2. The van der Waals surface area contributed by atoms with E-state index >= 15 is 0 Å². The van der Waals surface area contributed by atoms with E-state index in [1.54, 1.807) is 12.1 Å². The summed E-state index contributed by atoms with van der Waals surface area (Å²) in [6, 6.07) is 16.1. The Hall–Kier alpha value is -3.34. The minimum absolute atomic E-state index is 0.0306. The third kappa shape index (κ3) is 3.83. The summed E-state index contributed by atoms with van der Waals surface area (Å²) in [6.45, 7) is 3.43. The number of amides is 1. The van der Waals surface area contributed by atoms with E-state index in [0.29, 0.717) is 5.69 Å². The molecule has 5 nitrogen and oxygen atoms in total. The fraction of sp³-hybridized carbons (Fsp3) is 0.143. The van der Waals surface area contributed by atoms with Crippen LogP contribution in [0.15, 0.2) is 54.6 Å². The largest absolute Gasteiger partial charge is 0.507 e. The molecule has 0 aliphatic rings. The number of ether oxygens (including phenoxy) is 1. The Balaban J connectivity index is 1.66. The molecular formula is C21H19NO4. The summed E-state index contributed by atoms with van der Waals surface area (Å²) in [5.74, 6) is -1.36. The molecule has 0 saturated carbocycles. The van der Waals surface area contributed by atoms with Crippen molar-refractivity contribution < 1.29 is 19.4 Å². The molecule has 0 atom stereocenters. The monoisotopic (exact) mass is 349 g/mol. The van der Waals surface area contributed by atoms with Crippen LogP contribution in [0.5, 0.6) is 5.75 Å². The summed E-state index contributed by atoms with van der Waals surface area (Å²) in [5, 5.41) is 14.4. The molecule has 0 saturated heterocycles. The number of aryl methyl sites for hydroxylation is 2. The highest BCUT2D eigenvalue weighted by molar-refractivity contribution is 6.00. The lowest BCUT2D eigenvalue weighted by Crippen LogP contribution is -2.21. The van der Waals surface area contributed by atoms with Gasteiger partial charge < -0.3 is 15.2 Å². The van der Waals surface area contributed by atoms with Crippen LogP contribution in [0.3, 0.4) is 0 Å². The van der Waals surface area contributed by atoms with Gasteiger partial charge in [-0.15, -0.1) is 0 Å². The topological polar surface area (TPSA) is 75.6 Å². The number of anilines is 1. The molecule has 3 aromatic carbocycles. The highest BCUT2D eigenvalue weighted by Gasteiger charge is 2.16. The quantitative estimate of drug-likeness (QED) is 0.699. The van der Waals surface area contributed by atoms with Crippen LogP contribution in [0.2, 0.25) is 0 Å². The number of carbonyl (C=O) groups is 2. The zero-order chi connectivity index (χ0) is 18.7. The lowest BCUT2D eigenvalue weighted by atomic mass is 10.1. The van der Waals surface area contributed by atoms with Gasteiger partial charge in [0.2, 0.25) is 0 Å². The van der Waals surface area contributed by atoms with Crippen molar-refractivity contribution in [1.29, 1.82) is 0 Å². The number of aromatic hydroxyl groups is 1. The minimum Gasteiger partial charge on any atom is -0.507 e. The molecule has 1 amide bonds. The number of phenols is 1. The van der Waals surface area contributed by atoms with Crippen LogP contribution in [-0.4, -0.2) is 23.6 Å². The van der Waals surface area contributed by atoms with Gasteiger partial charge in [0, 0.05) is 5.69 Å². The first-order valence-electron chi connectivity index (χ1n) is 8.20. The molecule has 0 unspecified atom stereocenters. The zero-order valence-electron chi connectivity index (χ0n) is 14.6. The van der Waals surface area contributed by atoms with Crippen LogP contribution in [0.1, 0.15) is 21.5 Å². The van der Waals surface area contributed by atoms with Crippen LogP contribution in [-0.2, 0) is 9.53 Å². The highest BCUT2D eigenvalue weighted by Crippen LogP contribution is 2.25. The van der Waals surface area contributed by atoms with E-state index in [2.05, 4.69) is 5.32 Å². The van der Waals surface area contributed by atoms with E-state index in [9.17, 15) is 14.7 Å². The van der Waals surface area contributed by atoms with Crippen LogP contribution >= 0.6 is 0 Å². The van der Waals surface area contributed by atoms with Gasteiger partial charge in [0.25, 0.3) is 5.91 Å². The van der Waals surface area contributed by atoms with Gasteiger partial charge in [-0.1, -0.05) is 42.0 Å². The van der Waals surface area contributed by atoms with E-state index in [1.165, 1.54) is 6.07 Å². The molecule has 132 valence electrons. The second-order valence-corrected chi connectivity index (χ2v) is 6.16. The minimum atomic E-state index is -0.746. The second-order valence-electron chi connectivity index (χ2n) is 6.16. The van der Waals surface area contributed by atoms with Crippen molar-refractivity contribution in [2.75, 3.05) is 11.9 Å². The number of hydrogen-bond acceptors (Lipinski definition) is 4. The first-order valence-corrected chi connectivity index (χ1v) is 8.20. The summed E-state index contributed by atoms with van der Waals surface area (Å²) >= 11 is 0. The Kier molecular flexibility index (Phi) is 4.89. The molecule has 0 heterocycles. The van der Waals surface area contributed by atoms with Gasteiger partial charge in [0.15, 0.2) is 6.61 Å². The van der Waals surface area contributed by atoms with Gasteiger partial charge >= 0.3 is 5.97 Å². The third-order valence-electron chi connectivity index (χ3n) is 4.07. The van der Waals surface area contributed by atoms with Crippen molar-refractivity contribution in [3.05, 3.63) is 71.3 Å². The van der Waals surface area contributed by atoms with Gasteiger partial charge in [0.05, 0.1) is 0 Å². The van der Waals surface area contributed by atoms with Gasteiger partial charge in [-0.05, 0) is 48.4 Å². The summed E-state index contributed by atoms with van der Waals surface area (Å²) in [4.78, 5) is 24.2. The van der Waals surface area contributed by atoms with Crippen molar-refractivity contribution in [2.45, 2.75) is 13.8 Å². The number of benzene rings is 3. The maximum atomic E-state index is 12.2. The smallest absolute Gasteiger partial charge is 0.342 e. The molecule has 0 spiro atoms. The van der Waals surface area contributed by atoms with E-state index in [0.717, 1.165) is 21.9 Å². The second kappa shape index (κ2) is 7.27. The molecule has 26 heavy (non-hydrogen) atoms. The van der Waals surface area contributed by atoms with Crippen molar-refractivity contribution in [3.8, 4) is 5.75 Å². The van der Waals surface area contributed by atoms with Gasteiger partial charge in [-0.2, -0.15) is 0 Å². The van der Waals surface area contributed by atoms with E-state index < -0.39 is 18.5 Å². The molecule has 2 N–H and O–H groups in total. The zero-order valence-corrected chi connectivity index (χ0v) is 14.6. The first-order chi connectivity index (χ1) is 12.4. The molecule has 3 aromatic rings. The Morgan fingerprint density at radius 1 is 1.00 bits per heavy atom. The molecular weight excluding hydrogens is 330 g/mol. The van der Waals surface area contributed by atoms with Crippen molar-refractivity contribution in [1.82, 2.24) is 0 Å². The van der Waals surface area contributed by atoms with Gasteiger partial charge in [-0.3, -0.25) is 4.79 Å². The summed E-state index contributed by atoms with van der Waals surface area (Å²) in [5.41, 5.74) is 2.73. The maximum absolute atomic E-state index is 12.2. The number of phenolic OH excluding ortho intramolecular Hbond substituents is 1. The predicted octanol–water partition coefficient (Wildman–Crippen LogP) is 3.96. The van der Waals surface area contributed by atoms with Gasteiger partial charge in [-0.25, -0.2) is 4.79 Å². The van der Waals surface area contributed by atoms with Gasteiger partial charge in [0.1, 0.15) is 11.3 Å². The lowest BCUT2D eigenvalue weighted by Gasteiger charge is -2.10. The normalized spacial score (nSPS) is 10.5. The molecule has 0 fully saturated rings. The summed E-state index contributed by atoms with van der Waals surface area (Å²) in [6.07, 6.45) is 0. The third-order valence-corrected chi connectivity index (χ3v) is 4.07. The molecule has 5 heteroatoms. The van der Waals surface area contributed by atoms with E-state index in [4.69, 9.17) is 4.74 Å². The maximum Gasteiger partial charge on any atom is 0.342 e. The first kappa shape index (κ1) is 17.5.